The van der Waals surface area contributed by atoms with E-state index in [0.717, 1.165) is 36.4 Å². The summed E-state index contributed by atoms with van der Waals surface area (Å²) in [5.41, 5.74) is 2.45. The molecule has 2 aromatic carbocycles. The Labute approximate surface area is 254 Å². The van der Waals surface area contributed by atoms with Crippen LogP contribution in [0.4, 0.5) is 10.1 Å². The van der Waals surface area contributed by atoms with Crippen molar-refractivity contribution < 1.29 is 9.13 Å². The average Bonchev–Trinajstić information content (AvgIpc) is 2.97. The van der Waals surface area contributed by atoms with Gasteiger partial charge in [-0.05, 0) is 98.1 Å². The van der Waals surface area contributed by atoms with Gasteiger partial charge in [-0.25, -0.2) is 9.37 Å². The maximum absolute atomic E-state index is 14.4. The zero-order valence-corrected chi connectivity index (χ0v) is 26.4. The number of methoxy groups -OCH3 is 1. The van der Waals surface area contributed by atoms with Crippen molar-refractivity contribution in [2.24, 2.45) is 29.1 Å². The van der Waals surface area contributed by atoms with Crippen molar-refractivity contribution in [2.75, 3.05) is 25.5 Å². The first-order valence-corrected chi connectivity index (χ1v) is 15.8. The minimum atomic E-state index is -0.336. The first kappa shape index (κ1) is 29.7. The van der Waals surface area contributed by atoms with Crippen LogP contribution in [0.15, 0.2) is 59.4 Å². The molecule has 0 radical (unpaired) electrons. The predicted octanol–water partition coefficient (Wildman–Crippen LogP) is 6.04. The molecule has 0 amide bonds. The van der Waals surface area contributed by atoms with Gasteiger partial charge >= 0.3 is 0 Å². The van der Waals surface area contributed by atoms with Gasteiger partial charge in [0.15, 0.2) is 0 Å². The summed E-state index contributed by atoms with van der Waals surface area (Å²) in [5.74, 6) is 4.07. The number of fused-ring (bicyclic) bond motifs is 3. The molecule has 7 nitrogen and oxygen atoms in total. The number of aromatic nitrogens is 2. The summed E-state index contributed by atoms with van der Waals surface area (Å²) in [4.78, 5) is 20.5. The number of hydrogen-bond acceptors (Lipinski definition) is 6. The average molecular weight is 588 g/mol. The Morgan fingerprint density at radius 2 is 1.91 bits per heavy atom. The molecule has 3 aromatic rings. The molecule has 1 aromatic heterocycles. The van der Waals surface area contributed by atoms with Crippen LogP contribution in [0.5, 0.6) is 5.75 Å². The van der Waals surface area contributed by atoms with Crippen LogP contribution in [0.2, 0.25) is 0 Å². The number of nitrogens with zero attached hydrogens (tertiary/aromatic N) is 3. The quantitative estimate of drug-likeness (QED) is 0.335. The van der Waals surface area contributed by atoms with Crippen LogP contribution in [-0.2, 0) is 13.0 Å². The lowest BCUT2D eigenvalue weighted by Crippen LogP contribution is -2.56. The summed E-state index contributed by atoms with van der Waals surface area (Å²) >= 11 is 0. The zero-order valence-electron chi connectivity index (χ0n) is 26.4. The number of anilines is 1. The molecule has 3 saturated carbocycles. The number of halogens is 1. The molecule has 0 unspecified atom stereocenters. The lowest BCUT2D eigenvalue weighted by Gasteiger charge is -2.62. The van der Waals surface area contributed by atoms with Crippen molar-refractivity contribution in [2.45, 2.75) is 72.5 Å². The fraction of sp³-hybridized carbons (Fsp3) is 0.543. The highest BCUT2D eigenvalue weighted by molar-refractivity contribution is 5.81. The van der Waals surface area contributed by atoms with Crippen molar-refractivity contribution in [1.82, 2.24) is 19.8 Å². The van der Waals surface area contributed by atoms with Crippen molar-refractivity contribution in [3.63, 3.8) is 0 Å². The lowest BCUT2D eigenvalue weighted by molar-refractivity contribution is -0.118. The summed E-state index contributed by atoms with van der Waals surface area (Å²) < 4.78 is 21.1. The maximum atomic E-state index is 14.4. The fourth-order valence-corrected chi connectivity index (χ4v) is 8.00. The van der Waals surface area contributed by atoms with Crippen molar-refractivity contribution >= 4 is 16.6 Å². The summed E-state index contributed by atoms with van der Waals surface area (Å²) in [7, 11) is 1.51. The van der Waals surface area contributed by atoms with Gasteiger partial charge in [0.25, 0.3) is 5.56 Å². The Morgan fingerprint density at radius 1 is 1.14 bits per heavy atom. The van der Waals surface area contributed by atoms with Crippen LogP contribution in [0.3, 0.4) is 0 Å². The summed E-state index contributed by atoms with van der Waals surface area (Å²) in [6.07, 6.45) is 7.07. The normalized spacial score (nSPS) is 28.4. The highest BCUT2D eigenvalue weighted by atomic mass is 19.1. The number of ether oxygens (including phenoxy) is 1. The predicted molar refractivity (Wildman–Crippen MR) is 171 cm³/mol. The number of allylic oxidation sites excluding steroid dienone is 1. The monoisotopic (exact) mass is 587 g/mol. The highest BCUT2D eigenvalue weighted by Gasteiger charge is 2.55. The Hall–Kier alpha value is -3.39. The van der Waals surface area contributed by atoms with Gasteiger partial charge < -0.3 is 20.3 Å². The Bertz CT molecular complexity index is 1570. The van der Waals surface area contributed by atoms with E-state index in [-0.39, 0.29) is 11.4 Å². The number of nitrogens with one attached hydrogen (secondary N) is 2. The van der Waals surface area contributed by atoms with Crippen molar-refractivity contribution in [3.05, 3.63) is 76.4 Å². The van der Waals surface area contributed by atoms with E-state index in [1.165, 1.54) is 26.0 Å². The van der Waals surface area contributed by atoms with Gasteiger partial charge in [-0.2, -0.15) is 0 Å². The second-order valence-corrected chi connectivity index (χ2v) is 13.9. The third-order valence-corrected chi connectivity index (χ3v) is 10.7. The molecular weight excluding hydrogens is 541 g/mol. The van der Waals surface area contributed by atoms with E-state index in [1.54, 1.807) is 23.0 Å². The fourth-order valence-electron chi connectivity index (χ4n) is 8.00. The molecule has 43 heavy (non-hydrogen) atoms. The zero-order chi connectivity index (χ0) is 30.5. The van der Waals surface area contributed by atoms with Gasteiger partial charge in [0.05, 0.1) is 24.3 Å². The molecular formula is C35H46FN5O2. The van der Waals surface area contributed by atoms with E-state index in [1.807, 2.05) is 18.2 Å². The summed E-state index contributed by atoms with van der Waals surface area (Å²) in [5, 5.41) is 7.97. The van der Waals surface area contributed by atoms with Crippen LogP contribution in [0.25, 0.3) is 10.9 Å². The lowest BCUT2D eigenvalue weighted by atomic mass is 9.43. The van der Waals surface area contributed by atoms with Crippen molar-refractivity contribution in [1.29, 1.82) is 0 Å². The molecule has 4 fully saturated rings. The van der Waals surface area contributed by atoms with Crippen LogP contribution in [0.1, 0.15) is 53.0 Å². The Kier molecular flexibility index (Phi) is 8.01. The SMILES string of the molecule is COc1ccc(CCn2cnc3cc(N/C(=C/[C@H]4C[C@H]5C[C@@H]([C@@H]4C)C5(C)C)N4C[C@@H](C)N[C@@H](C)C4)ccc3c2=O)c(F)c1. The molecule has 1 aliphatic heterocycles. The standard InChI is InChI=1S/C35H46FN5O2/c1-21-18-41(19-22(2)38-21)33(14-25-13-26-15-30(23(25)3)35(26,4)5)39-27-8-10-29-32(16-27)37-20-40(34(29)42)12-11-24-7-9-28(43-6)17-31(24)36/h7-10,14,16-17,20-23,25-26,30,38-39H,11-13,15,18-19H2,1-6H3/b33-14-/t21-,22+,23-,25-,26+,30+/m1/s1. The molecule has 4 aliphatic rings. The summed E-state index contributed by atoms with van der Waals surface area (Å²) in [6, 6.07) is 11.4. The first-order valence-electron chi connectivity index (χ1n) is 15.8. The van der Waals surface area contributed by atoms with Gasteiger partial charge in [0.2, 0.25) is 0 Å². The van der Waals surface area contributed by atoms with Gasteiger partial charge in [-0.15, -0.1) is 0 Å². The largest absolute Gasteiger partial charge is 0.497 e. The number of rotatable bonds is 8. The molecule has 2 heterocycles. The van der Waals surface area contributed by atoms with Gasteiger partial charge in [0.1, 0.15) is 17.4 Å². The molecule has 3 aliphatic carbocycles. The minimum Gasteiger partial charge on any atom is -0.497 e. The smallest absolute Gasteiger partial charge is 0.261 e. The molecule has 2 N–H and O–H groups in total. The minimum absolute atomic E-state index is 0.121. The third kappa shape index (κ3) is 5.78. The van der Waals surface area contributed by atoms with Crippen LogP contribution >= 0.6 is 0 Å². The van der Waals surface area contributed by atoms with Gasteiger partial charge in [-0.1, -0.05) is 26.8 Å². The van der Waals surface area contributed by atoms with E-state index in [9.17, 15) is 9.18 Å². The van der Waals surface area contributed by atoms with E-state index in [4.69, 9.17) is 4.74 Å². The molecule has 2 bridgehead atoms. The van der Waals surface area contributed by atoms with Gasteiger partial charge in [-0.3, -0.25) is 9.36 Å². The van der Waals surface area contributed by atoms with Crippen LogP contribution in [0, 0.1) is 34.9 Å². The molecule has 7 rings (SSSR count). The van der Waals surface area contributed by atoms with E-state index in [2.05, 4.69) is 61.2 Å². The number of aryl methyl sites for hydroxylation is 2. The molecule has 8 heteroatoms. The molecule has 6 atom stereocenters. The maximum Gasteiger partial charge on any atom is 0.261 e. The van der Waals surface area contributed by atoms with E-state index < -0.39 is 0 Å². The topological polar surface area (TPSA) is 71.4 Å². The summed E-state index contributed by atoms with van der Waals surface area (Å²) in [6.45, 7) is 14.1. The van der Waals surface area contributed by atoms with Gasteiger partial charge in [0, 0.05) is 43.5 Å². The second-order valence-electron chi connectivity index (χ2n) is 13.9. The molecule has 230 valence electrons. The van der Waals surface area contributed by atoms with Crippen LogP contribution in [-0.4, -0.2) is 46.7 Å². The first-order chi connectivity index (χ1) is 20.5. The highest BCUT2D eigenvalue weighted by Crippen LogP contribution is 2.63. The molecule has 1 saturated heterocycles. The Balaban J connectivity index is 1.23. The number of hydrogen-bond donors (Lipinski definition) is 2. The Morgan fingerprint density at radius 3 is 2.58 bits per heavy atom. The number of benzene rings is 2. The van der Waals surface area contributed by atoms with Crippen molar-refractivity contribution in [3.8, 4) is 5.75 Å². The van der Waals surface area contributed by atoms with E-state index in [0.29, 0.717) is 64.5 Å². The van der Waals surface area contributed by atoms with E-state index >= 15 is 0 Å². The second kappa shape index (κ2) is 11.6. The molecule has 0 spiro atoms. The number of piperazine rings is 1. The van der Waals surface area contributed by atoms with Crippen LogP contribution < -0.4 is 20.9 Å². The third-order valence-electron chi connectivity index (χ3n) is 10.7.